The molecule has 0 aromatic carbocycles. The second kappa shape index (κ2) is 4.94. The van der Waals surface area contributed by atoms with Gasteiger partial charge in [-0.1, -0.05) is 13.0 Å². The maximum Gasteiger partial charge on any atom is 0.0731 e. The predicted octanol–water partition coefficient (Wildman–Crippen LogP) is 0.722. The Labute approximate surface area is 78.6 Å². The SMILES string of the molecule is CCC(N)C(O)Cc1cccnc1. The Balaban J connectivity index is 2.50. The van der Waals surface area contributed by atoms with E-state index in [1.165, 1.54) is 0 Å². The first-order valence-corrected chi connectivity index (χ1v) is 4.56. The highest BCUT2D eigenvalue weighted by Crippen LogP contribution is 2.05. The van der Waals surface area contributed by atoms with Gasteiger partial charge in [-0.3, -0.25) is 4.98 Å². The minimum absolute atomic E-state index is 0.139. The van der Waals surface area contributed by atoms with Crippen LogP contribution in [0.4, 0.5) is 0 Å². The molecule has 13 heavy (non-hydrogen) atoms. The normalized spacial score (nSPS) is 15.3. The Morgan fingerprint density at radius 1 is 1.62 bits per heavy atom. The van der Waals surface area contributed by atoms with Gasteiger partial charge in [-0.25, -0.2) is 0 Å². The van der Waals surface area contributed by atoms with Gasteiger partial charge in [-0.2, -0.15) is 0 Å². The molecule has 0 bridgehead atoms. The zero-order chi connectivity index (χ0) is 9.68. The molecular formula is C10H16N2O. The summed E-state index contributed by atoms with van der Waals surface area (Å²) in [6.45, 7) is 1.97. The van der Waals surface area contributed by atoms with Crippen molar-refractivity contribution in [2.45, 2.75) is 31.9 Å². The molecule has 72 valence electrons. The molecule has 2 unspecified atom stereocenters. The molecule has 1 rings (SSSR count). The number of rotatable bonds is 4. The molecule has 0 saturated heterocycles. The quantitative estimate of drug-likeness (QED) is 0.718. The largest absolute Gasteiger partial charge is 0.391 e. The molecule has 3 N–H and O–H groups in total. The minimum atomic E-state index is -0.464. The molecule has 1 aromatic rings. The fourth-order valence-electron chi connectivity index (χ4n) is 1.18. The van der Waals surface area contributed by atoms with Crippen molar-refractivity contribution in [3.63, 3.8) is 0 Å². The first-order valence-electron chi connectivity index (χ1n) is 4.56. The van der Waals surface area contributed by atoms with Crippen LogP contribution in [-0.2, 0) is 6.42 Å². The number of nitrogens with zero attached hydrogens (tertiary/aromatic N) is 1. The lowest BCUT2D eigenvalue weighted by molar-refractivity contribution is 0.142. The Kier molecular flexibility index (Phi) is 3.86. The summed E-state index contributed by atoms with van der Waals surface area (Å²) in [5, 5.41) is 9.62. The first-order chi connectivity index (χ1) is 6.24. The third-order valence-corrected chi connectivity index (χ3v) is 2.13. The minimum Gasteiger partial charge on any atom is -0.391 e. The smallest absolute Gasteiger partial charge is 0.0731 e. The van der Waals surface area contributed by atoms with Gasteiger partial charge in [0, 0.05) is 24.9 Å². The van der Waals surface area contributed by atoms with Gasteiger partial charge in [0.15, 0.2) is 0 Å². The van der Waals surface area contributed by atoms with E-state index in [0.717, 1.165) is 12.0 Å². The summed E-state index contributed by atoms with van der Waals surface area (Å²) in [5.41, 5.74) is 6.72. The molecule has 2 atom stereocenters. The lowest BCUT2D eigenvalue weighted by atomic mass is 10.0. The molecule has 1 heterocycles. The van der Waals surface area contributed by atoms with Crippen LogP contribution in [0.15, 0.2) is 24.5 Å². The summed E-state index contributed by atoms with van der Waals surface area (Å²) in [7, 11) is 0. The molecule has 1 aromatic heterocycles. The van der Waals surface area contributed by atoms with Gasteiger partial charge in [0.1, 0.15) is 0 Å². The van der Waals surface area contributed by atoms with Gasteiger partial charge in [0.05, 0.1) is 6.10 Å². The molecule has 0 spiro atoms. The van der Waals surface area contributed by atoms with Crippen LogP contribution in [0.1, 0.15) is 18.9 Å². The van der Waals surface area contributed by atoms with Crippen molar-refractivity contribution < 1.29 is 5.11 Å². The van der Waals surface area contributed by atoms with Crippen LogP contribution in [0.2, 0.25) is 0 Å². The van der Waals surface area contributed by atoms with E-state index >= 15 is 0 Å². The highest BCUT2D eigenvalue weighted by atomic mass is 16.3. The fraction of sp³-hybridized carbons (Fsp3) is 0.500. The number of hydrogen-bond donors (Lipinski definition) is 2. The average molecular weight is 180 g/mol. The van der Waals surface area contributed by atoms with Crippen molar-refractivity contribution in [1.29, 1.82) is 0 Å². The van der Waals surface area contributed by atoms with E-state index in [1.807, 2.05) is 19.1 Å². The van der Waals surface area contributed by atoms with E-state index in [1.54, 1.807) is 12.4 Å². The monoisotopic (exact) mass is 180 g/mol. The number of pyridine rings is 1. The Morgan fingerprint density at radius 3 is 2.92 bits per heavy atom. The number of aromatic nitrogens is 1. The topological polar surface area (TPSA) is 59.1 Å². The zero-order valence-corrected chi connectivity index (χ0v) is 7.85. The number of aliphatic hydroxyl groups is 1. The van der Waals surface area contributed by atoms with E-state index in [2.05, 4.69) is 4.98 Å². The molecule has 0 radical (unpaired) electrons. The van der Waals surface area contributed by atoms with Gasteiger partial charge in [0.2, 0.25) is 0 Å². The lowest BCUT2D eigenvalue weighted by Crippen LogP contribution is -2.35. The predicted molar refractivity (Wildman–Crippen MR) is 52.2 cm³/mol. The zero-order valence-electron chi connectivity index (χ0n) is 7.85. The molecule has 0 aliphatic heterocycles. The highest BCUT2D eigenvalue weighted by Gasteiger charge is 2.12. The molecule has 0 aliphatic rings. The summed E-state index contributed by atoms with van der Waals surface area (Å²) in [5.74, 6) is 0. The molecule has 0 fully saturated rings. The van der Waals surface area contributed by atoms with Crippen LogP contribution in [0.3, 0.4) is 0 Å². The standard InChI is InChI=1S/C10H16N2O/c1-2-9(11)10(13)6-8-4-3-5-12-7-8/h3-5,7,9-10,13H,2,6,11H2,1H3. The van der Waals surface area contributed by atoms with Gasteiger partial charge in [-0.15, -0.1) is 0 Å². The van der Waals surface area contributed by atoms with Crippen molar-refractivity contribution in [3.05, 3.63) is 30.1 Å². The van der Waals surface area contributed by atoms with E-state index in [4.69, 9.17) is 5.73 Å². The van der Waals surface area contributed by atoms with E-state index in [9.17, 15) is 5.11 Å². The van der Waals surface area contributed by atoms with E-state index in [0.29, 0.717) is 6.42 Å². The third kappa shape index (κ3) is 3.13. The fourth-order valence-corrected chi connectivity index (χ4v) is 1.18. The maximum atomic E-state index is 9.62. The molecule has 0 saturated carbocycles. The highest BCUT2D eigenvalue weighted by molar-refractivity contribution is 5.10. The summed E-state index contributed by atoms with van der Waals surface area (Å²) >= 11 is 0. The number of hydrogen-bond acceptors (Lipinski definition) is 3. The van der Waals surface area contributed by atoms with Gasteiger partial charge in [0.25, 0.3) is 0 Å². The Bertz CT molecular complexity index is 238. The van der Waals surface area contributed by atoms with Crippen LogP contribution in [0.5, 0.6) is 0 Å². The van der Waals surface area contributed by atoms with E-state index in [-0.39, 0.29) is 6.04 Å². The Morgan fingerprint density at radius 2 is 2.38 bits per heavy atom. The van der Waals surface area contributed by atoms with Crippen molar-refractivity contribution >= 4 is 0 Å². The molecule has 0 aliphatic carbocycles. The third-order valence-electron chi connectivity index (χ3n) is 2.13. The molecule has 0 amide bonds. The summed E-state index contributed by atoms with van der Waals surface area (Å²) in [6.07, 6.45) is 4.39. The van der Waals surface area contributed by atoms with Crippen LogP contribution in [-0.4, -0.2) is 22.2 Å². The van der Waals surface area contributed by atoms with Crippen molar-refractivity contribution in [2.75, 3.05) is 0 Å². The van der Waals surface area contributed by atoms with Crippen LogP contribution >= 0.6 is 0 Å². The second-order valence-electron chi connectivity index (χ2n) is 3.20. The van der Waals surface area contributed by atoms with E-state index < -0.39 is 6.10 Å². The first kappa shape index (κ1) is 10.2. The van der Waals surface area contributed by atoms with Crippen molar-refractivity contribution in [2.24, 2.45) is 5.73 Å². The van der Waals surface area contributed by atoms with Gasteiger partial charge >= 0.3 is 0 Å². The summed E-state index contributed by atoms with van der Waals surface area (Å²) in [6, 6.07) is 3.66. The van der Waals surface area contributed by atoms with Crippen LogP contribution in [0, 0.1) is 0 Å². The summed E-state index contributed by atoms with van der Waals surface area (Å²) < 4.78 is 0. The van der Waals surface area contributed by atoms with Gasteiger partial charge in [-0.05, 0) is 18.1 Å². The molecule has 3 nitrogen and oxygen atoms in total. The molecular weight excluding hydrogens is 164 g/mol. The lowest BCUT2D eigenvalue weighted by Gasteiger charge is -2.16. The summed E-state index contributed by atoms with van der Waals surface area (Å²) in [4.78, 5) is 3.97. The Hall–Kier alpha value is -0.930. The molecule has 3 heteroatoms. The van der Waals surface area contributed by atoms with Crippen LogP contribution in [0.25, 0.3) is 0 Å². The average Bonchev–Trinajstić information content (AvgIpc) is 2.18. The van der Waals surface area contributed by atoms with Crippen LogP contribution < -0.4 is 5.73 Å². The number of nitrogens with two attached hydrogens (primary N) is 1. The van der Waals surface area contributed by atoms with Crippen molar-refractivity contribution in [1.82, 2.24) is 4.98 Å². The van der Waals surface area contributed by atoms with Gasteiger partial charge < -0.3 is 10.8 Å². The van der Waals surface area contributed by atoms with Crippen molar-refractivity contribution in [3.8, 4) is 0 Å². The second-order valence-corrected chi connectivity index (χ2v) is 3.20. The maximum absolute atomic E-state index is 9.62. The number of aliphatic hydroxyl groups excluding tert-OH is 1.